The quantitative estimate of drug-likeness (QED) is 0.653. The van der Waals surface area contributed by atoms with Gasteiger partial charge in [0.2, 0.25) is 0 Å². The van der Waals surface area contributed by atoms with Gasteiger partial charge < -0.3 is 28.4 Å². The number of rotatable bonds is 7. The van der Waals surface area contributed by atoms with E-state index in [9.17, 15) is 0 Å². The van der Waals surface area contributed by atoms with E-state index in [0.717, 1.165) is 0 Å². The van der Waals surface area contributed by atoms with Crippen LogP contribution in [0.5, 0.6) is 0 Å². The molecule has 24 heavy (non-hydrogen) atoms. The number of hydrogen-bond donors (Lipinski definition) is 0. The highest BCUT2D eigenvalue weighted by Crippen LogP contribution is 2.32. The van der Waals surface area contributed by atoms with Gasteiger partial charge in [-0.05, 0) is 27.7 Å². The van der Waals surface area contributed by atoms with E-state index in [4.69, 9.17) is 41.3 Å². The first-order valence-corrected chi connectivity index (χ1v) is 8.01. The molecule has 0 amide bonds. The third-order valence-corrected chi connectivity index (χ3v) is 3.84. The van der Waals surface area contributed by atoms with E-state index >= 15 is 0 Å². The van der Waals surface area contributed by atoms with Crippen LogP contribution in [0.25, 0.3) is 0 Å². The number of ether oxygens (including phenoxy) is 6. The van der Waals surface area contributed by atoms with Gasteiger partial charge in [0.1, 0.15) is 37.6 Å². The predicted molar refractivity (Wildman–Crippen MR) is 87.0 cm³/mol. The van der Waals surface area contributed by atoms with E-state index < -0.39 is 23.8 Å². The average molecular weight is 338 g/mol. The molecule has 0 aromatic heterocycles. The van der Waals surface area contributed by atoms with Crippen molar-refractivity contribution in [3.05, 3.63) is 0 Å². The Kier molecular flexibility index (Phi) is 6.28. The van der Waals surface area contributed by atoms with Crippen molar-refractivity contribution in [2.24, 2.45) is 0 Å². The lowest BCUT2D eigenvalue weighted by Crippen LogP contribution is -2.50. The molecule has 0 spiro atoms. The Labute approximate surface area is 144 Å². The van der Waals surface area contributed by atoms with Crippen LogP contribution in [0.15, 0.2) is 0 Å². The van der Waals surface area contributed by atoms with Gasteiger partial charge in [0.15, 0.2) is 11.6 Å². The van der Waals surface area contributed by atoms with Gasteiger partial charge >= 0.3 is 0 Å². The van der Waals surface area contributed by atoms with Crippen molar-refractivity contribution in [1.82, 2.24) is 0 Å². The third kappa shape index (κ3) is 4.94. The third-order valence-electron chi connectivity index (χ3n) is 3.84. The molecule has 0 aromatic rings. The maximum atomic E-state index is 5.94. The average Bonchev–Trinajstić information content (AvgIpc) is 3.04. The van der Waals surface area contributed by atoms with Crippen LogP contribution in [0.1, 0.15) is 27.7 Å². The second-order valence-electron chi connectivity index (χ2n) is 6.69. The van der Waals surface area contributed by atoms with Crippen LogP contribution in [0.3, 0.4) is 0 Å². The molecule has 2 saturated heterocycles. The Morgan fingerprint density at radius 1 is 0.875 bits per heavy atom. The number of terminal acetylenes is 2. The standard InChI is InChI=1S/C18H26O6/c1-7-9-19-15(13-11-21-17(3,4)23-13)16(20-10-8-2)14-12-22-18(5,6)24-14/h1-2,13-16H,9-12H2,3-6H3/t13-,14-,15-,16-/m1/s1. The second-order valence-corrected chi connectivity index (χ2v) is 6.69. The molecule has 0 aliphatic carbocycles. The minimum absolute atomic E-state index is 0.123. The van der Waals surface area contributed by atoms with Gasteiger partial charge in [-0.1, -0.05) is 11.8 Å². The number of hydrogen-bond acceptors (Lipinski definition) is 6. The molecule has 4 atom stereocenters. The highest BCUT2D eigenvalue weighted by molar-refractivity contribution is 4.95. The predicted octanol–water partition coefficient (Wildman–Crippen LogP) is 1.33. The zero-order chi connectivity index (χ0) is 17.8. The van der Waals surface area contributed by atoms with Crippen LogP contribution in [0.4, 0.5) is 0 Å². The van der Waals surface area contributed by atoms with E-state index in [0.29, 0.717) is 13.2 Å². The second kappa shape index (κ2) is 7.84. The molecule has 0 radical (unpaired) electrons. The molecule has 2 aliphatic heterocycles. The van der Waals surface area contributed by atoms with Gasteiger partial charge in [-0.2, -0.15) is 0 Å². The van der Waals surface area contributed by atoms with Crippen molar-refractivity contribution in [1.29, 1.82) is 0 Å². The fourth-order valence-corrected chi connectivity index (χ4v) is 2.87. The molecule has 0 aromatic carbocycles. The molecule has 0 unspecified atom stereocenters. The molecule has 2 aliphatic rings. The smallest absolute Gasteiger partial charge is 0.163 e. The van der Waals surface area contributed by atoms with E-state index in [1.165, 1.54) is 0 Å². The first-order valence-electron chi connectivity index (χ1n) is 8.01. The Hall–Kier alpha value is -1.12. The van der Waals surface area contributed by atoms with Gasteiger partial charge in [0.25, 0.3) is 0 Å². The fourth-order valence-electron chi connectivity index (χ4n) is 2.87. The summed E-state index contributed by atoms with van der Waals surface area (Å²) in [6, 6.07) is 0. The minimum Gasteiger partial charge on any atom is -0.360 e. The van der Waals surface area contributed by atoms with Gasteiger partial charge in [-0.15, -0.1) is 12.8 Å². The van der Waals surface area contributed by atoms with Crippen LogP contribution < -0.4 is 0 Å². The van der Waals surface area contributed by atoms with Gasteiger partial charge in [0.05, 0.1) is 13.2 Å². The molecular formula is C18H26O6. The SMILES string of the molecule is C#CCO[C@@H]([C@H](OCC#C)[C@H]1COC(C)(C)O1)[C@H]1COC(C)(C)O1. The van der Waals surface area contributed by atoms with Crippen molar-refractivity contribution in [3.63, 3.8) is 0 Å². The van der Waals surface area contributed by atoms with E-state index in [1.54, 1.807) is 0 Å². The summed E-state index contributed by atoms with van der Waals surface area (Å²) in [5.41, 5.74) is 0. The van der Waals surface area contributed by atoms with Crippen molar-refractivity contribution >= 4 is 0 Å². The van der Waals surface area contributed by atoms with E-state index in [-0.39, 0.29) is 25.4 Å². The highest BCUT2D eigenvalue weighted by Gasteiger charge is 2.47. The fraction of sp³-hybridized carbons (Fsp3) is 0.778. The summed E-state index contributed by atoms with van der Waals surface area (Å²) >= 11 is 0. The summed E-state index contributed by atoms with van der Waals surface area (Å²) in [7, 11) is 0. The van der Waals surface area contributed by atoms with Crippen LogP contribution in [0.2, 0.25) is 0 Å². The van der Waals surface area contributed by atoms with Crippen molar-refractivity contribution in [2.75, 3.05) is 26.4 Å². The van der Waals surface area contributed by atoms with Crippen LogP contribution in [-0.2, 0) is 28.4 Å². The topological polar surface area (TPSA) is 55.4 Å². The Balaban J connectivity index is 2.17. The molecule has 0 saturated carbocycles. The maximum Gasteiger partial charge on any atom is 0.163 e. The van der Waals surface area contributed by atoms with Crippen LogP contribution >= 0.6 is 0 Å². The Morgan fingerprint density at radius 2 is 1.25 bits per heavy atom. The summed E-state index contributed by atoms with van der Waals surface area (Å²) in [6.07, 6.45) is 9.04. The lowest BCUT2D eigenvalue weighted by atomic mass is 10.0. The summed E-state index contributed by atoms with van der Waals surface area (Å²) in [5, 5.41) is 0. The molecular weight excluding hydrogens is 312 g/mol. The Bertz CT molecular complexity index is 455. The van der Waals surface area contributed by atoms with Crippen molar-refractivity contribution < 1.29 is 28.4 Å². The summed E-state index contributed by atoms with van der Waals surface area (Å²) in [5.74, 6) is 3.57. The van der Waals surface area contributed by atoms with Crippen molar-refractivity contribution in [3.8, 4) is 24.7 Å². The maximum absolute atomic E-state index is 5.94. The van der Waals surface area contributed by atoms with Gasteiger partial charge in [-0.3, -0.25) is 0 Å². The summed E-state index contributed by atoms with van der Waals surface area (Å²) in [6.45, 7) is 8.38. The largest absolute Gasteiger partial charge is 0.360 e. The Morgan fingerprint density at radius 3 is 1.50 bits per heavy atom. The van der Waals surface area contributed by atoms with E-state index in [2.05, 4.69) is 11.8 Å². The molecule has 2 fully saturated rings. The van der Waals surface area contributed by atoms with E-state index in [1.807, 2.05) is 27.7 Å². The molecule has 134 valence electrons. The summed E-state index contributed by atoms with van der Waals surface area (Å²) < 4.78 is 34.8. The van der Waals surface area contributed by atoms with Gasteiger partial charge in [-0.25, -0.2) is 0 Å². The molecule has 0 N–H and O–H groups in total. The molecule has 0 bridgehead atoms. The lowest BCUT2D eigenvalue weighted by Gasteiger charge is -2.33. The molecule has 2 rings (SSSR count). The zero-order valence-corrected chi connectivity index (χ0v) is 14.7. The van der Waals surface area contributed by atoms with Crippen LogP contribution in [-0.4, -0.2) is 62.4 Å². The molecule has 6 heteroatoms. The minimum atomic E-state index is -0.689. The lowest BCUT2D eigenvalue weighted by molar-refractivity contribution is -0.199. The molecule has 2 heterocycles. The van der Waals surface area contributed by atoms with Crippen LogP contribution in [0, 0.1) is 24.7 Å². The van der Waals surface area contributed by atoms with Gasteiger partial charge in [0, 0.05) is 0 Å². The summed E-state index contributed by atoms with van der Waals surface area (Å²) in [4.78, 5) is 0. The highest BCUT2D eigenvalue weighted by atomic mass is 16.8. The van der Waals surface area contributed by atoms with Crippen molar-refractivity contribution in [2.45, 2.75) is 63.7 Å². The molecule has 6 nitrogen and oxygen atoms in total. The zero-order valence-electron chi connectivity index (χ0n) is 14.7. The first kappa shape index (κ1) is 19.2. The first-order chi connectivity index (χ1) is 11.3. The normalized spacial score (nSPS) is 30.4. The monoisotopic (exact) mass is 338 g/mol.